The summed E-state index contributed by atoms with van der Waals surface area (Å²) in [5.74, 6) is 0. The highest BCUT2D eigenvalue weighted by molar-refractivity contribution is 6.32. The lowest BCUT2D eigenvalue weighted by molar-refractivity contribution is 0.286. The van der Waals surface area contributed by atoms with Crippen molar-refractivity contribution in [3.8, 4) is 6.07 Å². The van der Waals surface area contributed by atoms with E-state index in [1.807, 2.05) is 48.7 Å². The van der Waals surface area contributed by atoms with E-state index in [1.165, 1.54) is 5.69 Å². The fourth-order valence-corrected chi connectivity index (χ4v) is 3.90. The molecule has 3 aromatic rings. The lowest BCUT2D eigenvalue weighted by atomic mass is 10.1. The number of fused-ring (bicyclic) bond motifs is 1. The first-order chi connectivity index (χ1) is 13.2. The Labute approximate surface area is 164 Å². The normalized spacial score (nSPS) is 15.5. The van der Waals surface area contributed by atoms with Gasteiger partial charge in [-0.3, -0.25) is 9.88 Å². The summed E-state index contributed by atoms with van der Waals surface area (Å²) in [5.41, 5.74) is 3.99. The molecule has 136 valence electrons. The molecule has 0 aliphatic carbocycles. The summed E-state index contributed by atoms with van der Waals surface area (Å²) in [7, 11) is 0. The van der Waals surface area contributed by atoms with Crippen LogP contribution in [-0.4, -0.2) is 36.1 Å². The molecule has 0 amide bonds. The molecule has 1 aromatic heterocycles. The van der Waals surface area contributed by atoms with E-state index in [-0.39, 0.29) is 0 Å². The molecule has 4 nitrogen and oxygen atoms in total. The van der Waals surface area contributed by atoms with E-state index in [2.05, 4.69) is 26.9 Å². The van der Waals surface area contributed by atoms with Gasteiger partial charge in [-0.05, 0) is 42.8 Å². The maximum absolute atomic E-state index is 8.97. The summed E-state index contributed by atoms with van der Waals surface area (Å²) in [6.45, 7) is 4.80. The lowest BCUT2D eigenvalue weighted by Gasteiger charge is -2.24. The van der Waals surface area contributed by atoms with Crippen LogP contribution in [0.15, 0.2) is 54.7 Å². The molecule has 0 N–H and O–H groups in total. The smallest absolute Gasteiger partial charge is 0.0991 e. The highest BCUT2D eigenvalue weighted by atomic mass is 35.5. The standard InChI is InChI=1S/C22H21ClN4/c23-21-9-6-18-3-1-10-25-22(18)20(21)16-26-11-2-12-27(14-13-26)19-7-4-17(15-24)5-8-19/h1,3-10H,2,11-14,16H2. The van der Waals surface area contributed by atoms with Crippen molar-refractivity contribution in [1.82, 2.24) is 9.88 Å². The van der Waals surface area contributed by atoms with Gasteiger partial charge in [-0.25, -0.2) is 0 Å². The maximum Gasteiger partial charge on any atom is 0.0991 e. The highest BCUT2D eigenvalue weighted by Gasteiger charge is 2.18. The molecule has 0 bridgehead atoms. The molecule has 0 radical (unpaired) electrons. The van der Waals surface area contributed by atoms with Gasteiger partial charge in [0.1, 0.15) is 0 Å². The first-order valence-electron chi connectivity index (χ1n) is 9.24. The Morgan fingerprint density at radius 2 is 1.85 bits per heavy atom. The van der Waals surface area contributed by atoms with E-state index >= 15 is 0 Å². The number of anilines is 1. The number of nitriles is 1. The highest BCUT2D eigenvalue weighted by Crippen LogP contribution is 2.26. The van der Waals surface area contributed by atoms with Crippen LogP contribution in [0.2, 0.25) is 5.02 Å². The quantitative estimate of drug-likeness (QED) is 0.676. The molecule has 1 aliphatic heterocycles. The van der Waals surface area contributed by atoms with E-state index in [0.29, 0.717) is 5.56 Å². The molecule has 2 aromatic carbocycles. The minimum absolute atomic E-state index is 0.702. The van der Waals surface area contributed by atoms with Gasteiger partial charge < -0.3 is 4.90 Å². The fourth-order valence-electron chi connectivity index (χ4n) is 3.69. The van der Waals surface area contributed by atoms with E-state index in [9.17, 15) is 0 Å². The van der Waals surface area contributed by atoms with Gasteiger partial charge in [-0.15, -0.1) is 0 Å². The zero-order chi connectivity index (χ0) is 18.6. The molecule has 27 heavy (non-hydrogen) atoms. The maximum atomic E-state index is 8.97. The van der Waals surface area contributed by atoms with Crippen molar-refractivity contribution in [3.05, 3.63) is 70.9 Å². The molecular weight excluding hydrogens is 356 g/mol. The van der Waals surface area contributed by atoms with Crippen LogP contribution in [-0.2, 0) is 6.54 Å². The zero-order valence-electron chi connectivity index (χ0n) is 15.1. The predicted molar refractivity (Wildman–Crippen MR) is 110 cm³/mol. The Morgan fingerprint density at radius 3 is 2.67 bits per heavy atom. The third-order valence-corrected chi connectivity index (χ3v) is 5.51. The number of pyridine rings is 1. The average Bonchev–Trinajstić information content (AvgIpc) is 2.96. The predicted octanol–water partition coefficient (Wildman–Crippen LogP) is 4.47. The summed E-state index contributed by atoms with van der Waals surface area (Å²) < 4.78 is 0. The van der Waals surface area contributed by atoms with Crippen molar-refractivity contribution < 1.29 is 0 Å². The van der Waals surface area contributed by atoms with Crippen LogP contribution in [0.5, 0.6) is 0 Å². The van der Waals surface area contributed by atoms with Crippen LogP contribution < -0.4 is 4.90 Å². The number of nitrogens with zero attached hydrogens (tertiary/aromatic N) is 4. The second-order valence-electron chi connectivity index (χ2n) is 6.88. The van der Waals surface area contributed by atoms with Crippen molar-refractivity contribution in [2.75, 3.05) is 31.1 Å². The summed E-state index contributed by atoms with van der Waals surface area (Å²) in [5, 5.41) is 10.9. The second kappa shape index (κ2) is 7.96. The topological polar surface area (TPSA) is 43.2 Å². The number of aromatic nitrogens is 1. The van der Waals surface area contributed by atoms with E-state index in [1.54, 1.807) is 0 Å². The first-order valence-corrected chi connectivity index (χ1v) is 9.62. The molecule has 2 heterocycles. The van der Waals surface area contributed by atoms with Gasteiger partial charge in [0.15, 0.2) is 0 Å². The summed E-state index contributed by atoms with van der Waals surface area (Å²) in [4.78, 5) is 9.41. The Balaban J connectivity index is 1.49. The van der Waals surface area contributed by atoms with E-state index < -0.39 is 0 Å². The Kier molecular flexibility index (Phi) is 5.24. The number of hydrogen-bond donors (Lipinski definition) is 0. The zero-order valence-corrected chi connectivity index (χ0v) is 15.9. The molecule has 5 heteroatoms. The first kappa shape index (κ1) is 17.8. The van der Waals surface area contributed by atoms with Crippen LogP contribution in [0, 0.1) is 11.3 Å². The molecule has 0 unspecified atom stereocenters. The van der Waals surface area contributed by atoms with Crippen molar-refractivity contribution in [2.24, 2.45) is 0 Å². The largest absolute Gasteiger partial charge is 0.370 e. The van der Waals surface area contributed by atoms with Crippen LogP contribution in [0.1, 0.15) is 17.5 Å². The van der Waals surface area contributed by atoms with Crippen LogP contribution >= 0.6 is 11.6 Å². The van der Waals surface area contributed by atoms with Gasteiger partial charge in [0.25, 0.3) is 0 Å². The third kappa shape index (κ3) is 3.90. The van der Waals surface area contributed by atoms with E-state index in [4.69, 9.17) is 16.9 Å². The van der Waals surface area contributed by atoms with Crippen molar-refractivity contribution in [3.63, 3.8) is 0 Å². The van der Waals surface area contributed by atoms with Crippen LogP contribution in [0.3, 0.4) is 0 Å². The fraction of sp³-hybridized carbons (Fsp3) is 0.273. The van der Waals surface area contributed by atoms with Gasteiger partial charge in [-0.2, -0.15) is 5.26 Å². The molecule has 4 rings (SSSR count). The molecule has 0 spiro atoms. The molecule has 0 atom stereocenters. The Morgan fingerprint density at radius 1 is 1.00 bits per heavy atom. The van der Waals surface area contributed by atoms with E-state index in [0.717, 1.165) is 60.6 Å². The summed E-state index contributed by atoms with van der Waals surface area (Å²) in [6.07, 6.45) is 2.92. The third-order valence-electron chi connectivity index (χ3n) is 5.15. The molecule has 1 saturated heterocycles. The average molecular weight is 377 g/mol. The van der Waals surface area contributed by atoms with Crippen LogP contribution in [0.25, 0.3) is 10.9 Å². The summed E-state index contributed by atoms with van der Waals surface area (Å²) >= 11 is 6.51. The van der Waals surface area contributed by atoms with Gasteiger partial charge >= 0.3 is 0 Å². The van der Waals surface area contributed by atoms with Gasteiger partial charge in [0.05, 0.1) is 17.1 Å². The van der Waals surface area contributed by atoms with Crippen LogP contribution in [0.4, 0.5) is 5.69 Å². The van der Waals surface area contributed by atoms with Gasteiger partial charge in [0.2, 0.25) is 0 Å². The molecular formula is C22H21ClN4. The number of hydrogen-bond acceptors (Lipinski definition) is 4. The minimum Gasteiger partial charge on any atom is -0.370 e. The Bertz CT molecular complexity index is 978. The number of rotatable bonds is 3. The minimum atomic E-state index is 0.702. The van der Waals surface area contributed by atoms with Crippen molar-refractivity contribution in [1.29, 1.82) is 5.26 Å². The second-order valence-corrected chi connectivity index (χ2v) is 7.28. The lowest BCUT2D eigenvalue weighted by Crippen LogP contribution is -2.30. The van der Waals surface area contributed by atoms with Gasteiger partial charge in [0, 0.05) is 60.6 Å². The molecule has 1 fully saturated rings. The van der Waals surface area contributed by atoms with Crippen molar-refractivity contribution in [2.45, 2.75) is 13.0 Å². The van der Waals surface area contributed by atoms with Gasteiger partial charge in [-0.1, -0.05) is 23.7 Å². The molecule has 1 aliphatic rings. The SMILES string of the molecule is N#Cc1ccc(N2CCCN(Cc3c(Cl)ccc4cccnc34)CC2)cc1. The number of benzene rings is 2. The monoisotopic (exact) mass is 376 g/mol. The summed E-state index contributed by atoms with van der Waals surface area (Å²) in [6, 6.07) is 18.1. The number of halogens is 1. The molecule has 0 saturated carbocycles. The van der Waals surface area contributed by atoms with Crippen molar-refractivity contribution >= 4 is 28.2 Å². The Hall–Kier alpha value is -2.61.